The molecule has 0 saturated carbocycles. The minimum Gasteiger partial charge on any atom is -0.496 e. The molecule has 4 aromatic rings. The van der Waals surface area contributed by atoms with Gasteiger partial charge in [-0.2, -0.15) is 0 Å². The fraction of sp³-hybridized carbons (Fsp3) is 0.217. The molecule has 27 heavy (non-hydrogen) atoms. The van der Waals surface area contributed by atoms with Gasteiger partial charge in [0.2, 0.25) is 0 Å². The van der Waals surface area contributed by atoms with Crippen LogP contribution in [0.25, 0.3) is 27.2 Å². The summed E-state index contributed by atoms with van der Waals surface area (Å²) >= 11 is 0. The number of fused-ring (bicyclic) bond motifs is 3. The number of para-hydroxylation sites is 1. The van der Waals surface area contributed by atoms with Crippen LogP contribution in [0.1, 0.15) is 22.3 Å². The molecular weight excluding hydrogens is 355 g/mol. The van der Waals surface area contributed by atoms with Crippen molar-refractivity contribution in [2.24, 2.45) is 0 Å². The predicted molar refractivity (Wildman–Crippen MR) is 113 cm³/mol. The zero-order valence-electron chi connectivity index (χ0n) is 16.3. The molecule has 0 N–H and O–H groups in total. The second-order valence-corrected chi connectivity index (χ2v) is 8.39. The second-order valence-electron chi connectivity index (χ2n) is 7.03. The molecule has 138 valence electrons. The normalized spacial score (nSPS) is 11.1. The van der Waals surface area contributed by atoms with Crippen molar-refractivity contribution < 1.29 is 13.1 Å². The fourth-order valence-electron chi connectivity index (χ4n) is 3.61. The predicted octanol–water partition coefficient (Wildman–Crippen LogP) is 7.52. The molecule has 0 saturated heterocycles. The van der Waals surface area contributed by atoms with Crippen molar-refractivity contribution in [3.05, 3.63) is 70.8 Å². The molecule has 3 aromatic carbocycles. The van der Waals surface area contributed by atoms with Crippen LogP contribution in [0.15, 0.2) is 56.9 Å². The summed E-state index contributed by atoms with van der Waals surface area (Å²) in [6.45, 7) is 8.42. The van der Waals surface area contributed by atoms with Crippen LogP contribution in [-0.4, -0.2) is 7.11 Å². The Morgan fingerprint density at radius 2 is 1.26 bits per heavy atom. The molecule has 0 atom stereocenters. The Bertz CT molecular complexity index is 1130. The zero-order valence-corrected chi connectivity index (χ0v) is 17.2. The lowest BCUT2D eigenvalue weighted by atomic mass is 10.0. The second kappa shape index (κ2) is 6.83. The van der Waals surface area contributed by atoms with Crippen molar-refractivity contribution in [1.29, 1.82) is 0 Å². The summed E-state index contributed by atoms with van der Waals surface area (Å²) in [5, 5.41) is 3.12. The maximum Gasteiger partial charge on any atom is 0.256 e. The van der Waals surface area contributed by atoms with E-state index in [1.54, 1.807) is 7.11 Å². The SMILES string of the molecule is COc1ccccc1-p1oc2c(C)cc(C)cc2c2cc(C)cc(C)c2o1. The average molecular weight is 378 g/mol. The van der Waals surface area contributed by atoms with E-state index in [4.69, 9.17) is 13.1 Å². The van der Waals surface area contributed by atoms with Gasteiger partial charge in [-0.3, -0.25) is 0 Å². The monoisotopic (exact) mass is 378 g/mol. The third-order valence-electron chi connectivity index (χ3n) is 4.76. The Balaban J connectivity index is 2.25. The Labute approximate surface area is 160 Å². The van der Waals surface area contributed by atoms with Gasteiger partial charge >= 0.3 is 0 Å². The summed E-state index contributed by atoms with van der Waals surface area (Å²) in [5.74, 6) is 0.781. The number of hydrogen-bond acceptors (Lipinski definition) is 3. The van der Waals surface area contributed by atoms with E-state index in [-0.39, 0.29) is 0 Å². The van der Waals surface area contributed by atoms with Crippen LogP contribution >= 0.6 is 8.01 Å². The van der Waals surface area contributed by atoms with Crippen LogP contribution in [0.2, 0.25) is 0 Å². The van der Waals surface area contributed by atoms with Gasteiger partial charge in [0, 0.05) is 10.8 Å². The summed E-state index contributed by atoms with van der Waals surface area (Å²) in [4.78, 5) is 0. The van der Waals surface area contributed by atoms with Gasteiger partial charge in [-0.05, 0) is 74.2 Å². The number of benzene rings is 3. The lowest BCUT2D eigenvalue weighted by molar-refractivity contribution is 0.417. The third-order valence-corrected chi connectivity index (χ3v) is 6.22. The van der Waals surface area contributed by atoms with Gasteiger partial charge in [0.05, 0.1) is 7.11 Å². The molecule has 0 bridgehead atoms. The third kappa shape index (κ3) is 3.13. The number of ether oxygens (including phenoxy) is 1. The molecule has 0 radical (unpaired) electrons. The summed E-state index contributed by atoms with van der Waals surface area (Å²) in [7, 11) is 0.308. The van der Waals surface area contributed by atoms with Gasteiger partial charge in [0.15, 0.2) is 0 Å². The largest absolute Gasteiger partial charge is 0.496 e. The molecule has 3 nitrogen and oxygen atoms in total. The highest BCUT2D eigenvalue weighted by molar-refractivity contribution is 7.45. The summed E-state index contributed by atoms with van der Waals surface area (Å²) in [6, 6.07) is 16.6. The number of rotatable bonds is 2. The number of hydrogen-bond donors (Lipinski definition) is 0. The Hall–Kier alpha value is -2.64. The Morgan fingerprint density at radius 3 is 1.78 bits per heavy atom. The van der Waals surface area contributed by atoms with Gasteiger partial charge in [0.1, 0.15) is 22.2 Å². The van der Waals surface area contributed by atoms with E-state index in [1.807, 2.05) is 24.3 Å². The van der Waals surface area contributed by atoms with Crippen LogP contribution in [0.5, 0.6) is 5.75 Å². The molecule has 0 spiro atoms. The molecule has 0 aliphatic heterocycles. The van der Waals surface area contributed by atoms with Crippen LogP contribution < -0.4 is 4.74 Å². The van der Waals surface area contributed by atoms with Crippen molar-refractivity contribution in [3.63, 3.8) is 0 Å². The Morgan fingerprint density at radius 1 is 0.741 bits per heavy atom. The molecule has 4 heteroatoms. The zero-order chi connectivity index (χ0) is 19.1. The molecule has 0 aliphatic rings. The first-order valence-electron chi connectivity index (χ1n) is 9.00. The molecule has 1 aromatic heterocycles. The molecule has 0 amide bonds. The number of methoxy groups -OCH3 is 1. The molecule has 1 heterocycles. The first-order valence-corrected chi connectivity index (χ1v) is 10.2. The minimum atomic E-state index is -1.37. The van der Waals surface area contributed by atoms with E-state index in [2.05, 4.69) is 52.0 Å². The molecular formula is C23H23O3P. The van der Waals surface area contributed by atoms with Crippen molar-refractivity contribution in [2.45, 2.75) is 27.7 Å². The highest BCUT2D eigenvalue weighted by Gasteiger charge is 2.15. The highest BCUT2D eigenvalue weighted by atomic mass is 31.1. The topological polar surface area (TPSA) is 35.5 Å². The van der Waals surface area contributed by atoms with Gasteiger partial charge < -0.3 is 13.1 Å². The van der Waals surface area contributed by atoms with Crippen LogP contribution in [0.3, 0.4) is 0 Å². The van der Waals surface area contributed by atoms with E-state index in [0.717, 1.165) is 44.1 Å². The van der Waals surface area contributed by atoms with Gasteiger partial charge in [-0.1, -0.05) is 24.3 Å². The molecule has 0 aliphatic carbocycles. The minimum absolute atomic E-state index is 0.781. The smallest absolute Gasteiger partial charge is 0.256 e. The number of aryl methyl sites for hydroxylation is 4. The van der Waals surface area contributed by atoms with E-state index in [9.17, 15) is 0 Å². The first kappa shape index (κ1) is 17.8. The maximum atomic E-state index is 6.51. The van der Waals surface area contributed by atoms with E-state index in [1.165, 1.54) is 11.1 Å². The molecule has 0 unspecified atom stereocenters. The van der Waals surface area contributed by atoms with Gasteiger partial charge in [-0.25, -0.2) is 0 Å². The lowest BCUT2D eigenvalue weighted by Gasteiger charge is -2.06. The lowest BCUT2D eigenvalue weighted by Crippen LogP contribution is -1.83. The van der Waals surface area contributed by atoms with Crippen molar-refractivity contribution in [1.82, 2.24) is 0 Å². The summed E-state index contributed by atoms with van der Waals surface area (Å²) in [6.07, 6.45) is 0. The van der Waals surface area contributed by atoms with E-state index >= 15 is 0 Å². The average Bonchev–Trinajstić information content (AvgIpc) is 2.80. The van der Waals surface area contributed by atoms with Crippen LogP contribution in [0.4, 0.5) is 0 Å². The standard InChI is InChI=1S/C23H23O3P/c1-14-10-16(3)22-18(12-14)19-13-15(2)11-17(4)23(19)26-27(25-22)21-9-7-6-8-20(21)24-5/h6-13H,1-5H3. The van der Waals surface area contributed by atoms with Crippen molar-refractivity contribution in [2.75, 3.05) is 7.11 Å². The van der Waals surface area contributed by atoms with Gasteiger partial charge in [-0.15, -0.1) is 0 Å². The first-order chi connectivity index (χ1) is 13.0. The quantitative estimate of drug-likeness (QED) is 0.362. The summed E-state index contributed by atoms with van der Waals surface area (Å²) < 4.78 is 18.6. The summed E-state index contributed by atoms with van der Waals surface area (Å²) in [5.41, 5.74) is 6.43. The van der Waals surface area contributed by atoms with Crippen LogP contribution in [-0.2, 0) is 0 Å². The molecule has 0 fully saturated rings. The maximum absolute atomic E-state index is 6.51. The fourth-order valence-corrected chi connectivity index (χ4v) is 5.22. The highest BCUT2D eigenvalue weighted by Crippen LogP contribution is 2.48. The van der Waals surface area contributed by atoms with E-state index < -0.39 is 8.01 Å². The van der Waals surface area contributed by atoms with Gasteiger partial charge in [0.25, 0.3) is 8.01 Å². The van der Waals surface area contributed by atoms with Crippen molar-refractivity contribution in [3.8, 4) is 11.1 Å². The molecule has 4 rings (SSSR count). The van der Waals surface area contributed by atoms with E-state index in [0.29, 0.717) is 0 Å². The van der Waals surface area contributed by atoms with Crippen molar-refractivity contribution >= 4 is 30.0 Å². The van der Waals surface area contributed by atoms with Crippen LogP contribution in [0, 0.1) is 27.7 Å². The Kier molecular flexibility index (Phi) is 4.49.